The molecule has 0 unspecified atom stereocenters. The summed E-state index contributed by atoms with van der Waals surface area (Å²) in [6, 6.07) is 4.82. The van der Waals surface area contributed by atoms with Crippen LogP contribution in [0.3, 0.4) is 0 Å². The monoisotopic (exact) mass is 275 g/mol. The summed E-state index contributed by atoms with van der Waals surface area (Å²) in [5, 5.41) is 4.11. The fourth-order valence-corrected chi connectivity index (χ4v) is 2.19. The molecule has 2 aromatic heterocycles. The number of imidazole rings is 1. The van der Waals surface area contributed by atoms with Crippen molar-refractivity contribution < 1.29 is 9.13 Å². The van der Waals surface area contributed by atoms with Gasteiger partial charge in [-0.25, -0.2) is 9.37 Å². The van der Waals surface area contributed by atoms with Crippen LogP contribution >= 0.6 is 0 Å². The zero-order valence-electron chi connectivity index (χ0n) is 11.2. The highest BCUT2D eigenvalue weighted by Gasteiger charge is 2.14. The number of anilines is 1. The van der Waals surface area contributed by atoms with Crippen LogP contribution in [0.5, 0.6) is 5.75 Å². The first kappa shape index (κ1) is 12.5. The van der Waals surface area contributed by atoms with Gasteiger partial charge in [0, 0.05) is 25.4 Å². The molecule has 0 radical (unpaired) electrons. The van der Waals surface area contributed by atoms with E-state index in [9.17, 15) is 4.39 Å². The number of aryl methyl sites for hydroxylation is 1. The van der Waals surface area contributed by atoms with Crippen LogP contribution in [-0.2, 0) is 13.6 Å². The quantitative estimate of drug-likeness (QED) is 0.787. The number of ether oxygens (including phenoxy) is 1. The first-order valence-electron chi connectivity index (χ1n) is 6.06. The molecule has 2 heterocycles. The summed E-state index contributed by atoms with van der Waals surface area (Å²) < 4.78 is 22.2. The number of benzene rings is 1. The second-order valence-corrected chi connectivity index (χ2v) is 4.48. The second kappa shape index (κ2) is 4.52. The number of nitrogen functional groups attached to an aromatic ring is 1. The summed E-state index contributed by atoms with van der Waals surface area (Å²) in [5.41, 5.74) is 8.12. The summed E-state index contributed by atoms with van der Waals surface area (Å²) in [6.07, 6.45) is 1.71. The standard InChI is InChI=1S/C13H14FN5O/c1-18-8(3-4-16-18)7-19-11-6-12(20-2)9(14)5-10(11)17-13(19)15/h3-6H,7H2,1-2H3,(H2,15,17). The minimum absolute atomic E-state index is 0.170. The van der Waals surface area contributed by atoms with E-state index in [1.54, 1.807) is 21.5 Å². The van der Waals surface area contributed by atoms with E-state index in [4.69, 9.17) is 10.5 Å². The van der Waals surface area contributed by atoms with Crippen LogP contribution in [0.25, 0.3) is 11.0 Å². The third-order valence-electron chi connectivity index (χ3n) is 3.29. The van der Waals surface area contributed by atoms with Gasteiger partial charge >= 0.3 is 0 Å². The van der Waals surface area contributed by atoms with E-state index >= 15 is 0 Å². The molecule has 6 nitrogen and oxygen atoms in total. The molecule has 0 aliphatic rings. The van der Waals surface area contributed by atoms with Crippen molar-refractivity contribution in [3.05, 3.63) is 35.9 Å². The molecule has 0 bridgehead atoms. The van der Waals surface area contributed by atoms with Gasteiger partial charge in [-0.1, -0.05) is 0 Å². The number of aromatic nitrogens is 4. The Hall–Kier alpha value is -2.57. The van der Waals surface area contributed by atoms with Gasteiger partial charge in [0.25, 0.3) is 0 Å². The molecule has 3 aromatic rings. The number of methoxy groups -OCH3 is 1. The SMILES string of the molecule is COc1cc2c(cc1F)nc(N)n2Cc1ccnn1C. The average Bonchev–Trinajstić information content (AvgIpc) is 2.94. The van der Waals surface area contributed by atoms with E-state index < -0.39 is 5.82 Å². The maximum absolute atomic E-state index is 13.7. The molecule has 0 atom stereocenters. The summed E-state index contributed by atoms with van der Waals surface area (Å²) >= 11 is 0. The number of halogens is 1. The van der Waals surface area contributed by atoms with Crippen molar-refractivity contribution in [2.75, 3.05) is 12.8 Å². The van der Waals surface area contributed by atoms with Crippen molar-refractivity contribution in [2.24, 2.45) is 7.05 Å². The highest BCUT2D eigenvalue weighted by atomic mass is 19.1. The first-order chi connectivity index (χ1) is 9.60. The molecule has 0 saturated heterocycles. The number of nitrogens with two attached hydrogens (primary N) is 1. The Kier molecular flexibility index (Phi) is 2.81. The molecule has 2 N–H and O–H groups in total. The van der Waals surface area contributed by atoms with Crippen molar-refractivity contribution in [3.63, 3.8) is 0 Å². The van der Waals surface area contributed by atoms with Gasteiger partial charge in [0.15, 0.2) is 11.6 Å². The van der Waals surface area contributed by atoms with Gasteiger partial charge in [-0.15, -0.1) is 0 Å². The minimum atomic E-state index is -0.454. The molecule has 104 valence electrons. The van der Waals surface area contributed by atoms with Gasteiger partial charge < -0.3 is 15.0 Å². The predicted octanol–water partition coefficient (Wildman–Crippen LogP) is 1.55. The fraction of sp³-hybridized carbons (Fsp3) is 0.231. The molecule has 0 aliphatic carbocycles. The Labute approximate surface area is 114 Å². The molecule has 0 aliphatic heterocycles. The molecule has 0 amide bonds. The first-order valence-corrected chi connectivity index (χ1v) is 6.06. The van der Waals surface area contributed by atoms with Crippen LogP contribution in [0.4, 0.5) is 10.3 Å². The predicted molar refractivity (Wildman–Crippen MR) is 73.0 cm³/mol. The van der Waals surface area contributed by atoms with Crippen LogP contribution < -0.4 is 10.5 Å². The third kappa shape index (κ3) is 1.87. The van der Waals surface area contributed by atoms with Crippen molar-refractivity contribution in [1.82, 2.24) is 19.3 Å². The lowest BCUT2D eigenvalue weighted by atomic mass is 10.2. The molecule has 20 heavy (non-hydrogen) atoms. The van der Waals surface area contributed by atoms with Crippen molar-refractivity contribution in [3.8, 4) is 5.75 Å². The van der Waals surface area contributed by atoms with Gasteiger partial charge in [0.1, 0.15) is 0 Å². The average molecular weight is 275 g/mol. The number of hydrogen-bond donors (Lipinski definition) is 1. The zero-order chi connectivity index (χ0) is 14.3. The summed E-state index contributed by atoms with van der Waals surface area (Å²) in [7, 11) is 3.28. The molecular weight excluding hydrogens is 261 g/mol. The lowest BCUT2D eigenvalue weighted by Gasteiger charge is -2.08. The van der Waals surface area contributed by atoms with Crippen LogP contribution in [0, 0.1) is 5.82 Å². The van der Waals surface area contributed by atoms with Crippen molar-refractivity contribution in [1.29, 1.82) is 0 Å². The van der Waals surface area contributed by atoms with Crippen LogP contribution in [-0.4, -0.2) is 26.4 Å². The largest absolute Gasteiger partial charge is 0.494 e. The van der Waals surface area contributed by atoms with E-state index in [2.05, 4.69) is 10.1 Å². The Bertz CT molecular complexity index is 777. The van der Waals surface area contributed by atoms with Crippen LogP contribution in [0.15, 0.2) is 24.4 Å². The second-order valence-electron chi connectivity index (χ2n) is 4.48. The van der Waals surface area contributed by atoms with Crippen LogP contribution in [0.2, 0.25) is 0 Å². The normalized spacial score (nSPS) is 11.2. The van der Waals surface area contributed by atoms with Gasteiger partial charge in [0.05, 0.1) is 30.4 Å². The zero-order valence-corrected chi connectivity index (χ0v) is 11.2. The van der Waals surface area contributed by atoms with E-state index in [1.165, 1.54) is 13.2 Å². The van der Waals surface area contributed by atoms with Gasteiger partial charge in [-0.2, -0.15) is 5.10 Å². The molecular formula is C13H14FN5O. The van der Waals surface area contributed by atoms with E-state index in [0.717, 1.165) is 11.2 Å². The lowest BCUT2D eigenvalue weighted by Crippen LogP contribution is -2.08. The topological polar surface area (TPSA) is 70.9 Å². The Morgan fingerprint density at radius 3 is 2.85 bits per heavy atom. The smallest absolute Gasteiger partial charge is 0.201 e. The lowest BCUT2D eigenvalue weighted by molar-refractivity contribution is 0.387. The summed E-state index contributed by atoms with van der Waals surface area (Å²) in [5.74, 6) is 0.0442. The molecule has 7 heteroatoms. The van der Waals surface area contributed by atoms with E-state index in [1.807, 2.05) is 13.1 Å². The van der Waals surface area contributed by atoms with E-state index in [-0.39, 0.29) is 5.75 Å². The number of hydrogen-bond acceptors (Lipinski definition) is 4. The summed E-state index contributed by atoms with van der Waals surface area (Å²) in [6.45, 7) is 0.508. The van der Waals surface area contributed by atoms with Gasteiger partial charge in [0.2, 0.25) is 5.95 Å². The maximum atomic E-state index is 13.7. The Morgan fingerprint density at radius 1 is 1.40 bits per heavy atom. The van der Waals surface area contributed by atoms with E-state index in [0.29, 0.717) is 18.0 Å². The molecule has 1 aromatic carbocycles. The highest BCUT2D eigenvalue weighted by Crippen LogP contribution is 2.26. The maximum Gasteiger partial charge on any atom is 0.201 e. The fourth-order valence-electron chi connectivity index (χ4n) is 2.19. The van der Waals surface area contributed by atoms with Crippen molar-refractivity contribution >= 4 is 17.0 Å². The molecule has 0 spiro atoms. The minimum Gasteiger partial charge on any atom is -0.494 e. The third-order valence-corrected chi connectivity index (χ3v) is 3.29. The number of fused-ring (bicyclic) bond motifs is 1. The van der Waals surface area contributed by atoms with Crippen LogP contribution in [0.1, 0.15) is 5.69 Å². The van der Waals surface area contributed by atoms with Gasteiger partial charge in [-0.3, -0.25) is 4.68 Å². The van der Waals surface area contributed by atoms with Gasteiger partial charge in [-0.05, 0) is 6.07 Å². The molecule has 3 rings (SSSR count). The number of rotatable bonds is 3. The molecule has 0 fully saturated rings. The Balaban J connectivity index is 2.14. The van der Waals surface area contributed by atoms with Crippen molar-refractivity contribution in [2.45, 2.75) is 6.54 Å². The highest BCUT2D eigenvalue weighted by molar-refractivity contribution is 5.80. The Morgan fingerprint density at radius 2 is 2.20 bits per heavy atom. The summed E-state index contributed by atoms with van der Waals surface area (Å²) in [4.78, 5) is 4.18. The molecule has 0 saturated carbocycles. The number of nitrogens with zero attached hydrogens (tertiary/aromatic N) is 4.